The third-order valence-corrected chi connectivity index (χ3v) is 7.50. The maximum Gasteiger partial charge on any atom is 0.262 e. The number of pyridine rings is 1. The van der Waals surface area contributed by atoms with E-state index < -0.39 is 10.0 Å². The van der Waals surface area contributed by atoms with Crippen molar-refractivity contribution in [3.63, 3.8) is 0 Å². The molecule has 5 rings (SSSR count). The Labute approximate surface area is 226 Å². The molecular weight excluding hydrogens is 514 g/mol. The summed E-state index contributed by atoms with van der Waals surface area (Å²) in [6.07, 6.45) is 0. The van der Waals surface area contributed by atoms with Crippen LogP contribution >= 0.6 is 0 Å². The number of nitrogens with zero attached hydrogens (tertiary/aromatic N) is 1. The van der Waals surface area contributed by atoms with E-state index in [-0.39, 0.29) is 10.8 Å². The highest BCUT2D eigenvalue weighted by Crippen LogP contribution is 2.28. The molecule has 0 fully saturated rings. The van der Waals surface area contributed by atoms with E-state index in [4.69, 9.17) is 14.5 Å². The van der Waals surface area contributed by atoms with Crippen molar-refractivity contribution in [3.05, 3.63) is 109 Å². The minimum Gasteiger partial charge on any atom is -0.497 e. The van der Waals surface area contributed by atoms with Crippen molar-refractivity contribution in [1.29, 1.82) is 0 Å². The molecule has 5 aromatic rings. The topological polar surface area (TPSA) is 107 Å². The maximum atomic E-state index is 13.4. The van der Waals surface area contributed by atoms with E-state index in [2.05, 4.69) is 10.0 Å². The monoisotopic (exact) mass is 539 g/mol. The summed E-state index contributed by atoms with van der Waals surface area (Å²) in [7, 11) is -0.803. The summed E-state index contributed by atoms with van der Waals surface area (Å²) in [4.78, 5) is 18.2. The van der Waals surface area contributed by atoms with Crippen LogP contribution in [0.3, 0.4) is 0 Å². The smallest absolute Gasteiger partial charge is 0.262 e. The van der Waals surface area contributed by atoms with E-state index in [1.165, 1.54) is 19.2 Å². The van der Waals surface area contributed by atoms with E-state index >= 15 is 0 Å². The molecule has 39 heavy (non-hydrogen) atoms. The lowest BCUT2D eigenvalue weighted by atomic mass is 10.0. The van der Waals surface area contributed by atoms with Crippen molar-refractivity contribution in [1.82, 2.24) is 4.98 Å². The Morgan fingerprint density at radius 3 is 2.21 bits per heavy atom. The molecule has 0 saturated heterocycles. The third-order valence-electron chi connectivity index (χ3n) is 6.12. The first kappa shape index (κ1) is 25.7. The van der Waals surface area contributed by atoms with Gasteiger partial charge in [0.15, 0.2) is 0 Å². The number of methoxy groups -OCH3 is 2. The van der Waals surface area contributed by atoms with Crippen LogP contribution in [0.2, 0.25) is 0 Å². The standard InChI is InChI=1S/C30H25N3O5S/c1-37-22-15-11-20(12-16-22)28-19-25(24-7-3-4-8-26(24)32-28)30(34)31-21-13-17-23(18-14-21)39(35,36)33-27-9-5-6-10-29(27)38-2/h3-19,33H,1-2H3,(H,31,34). The molecule has 0 unspecified atom stereocenters. The van der Waals surface area contributed by atoms with E-state index in [1.54, 1.807) is 49.6 Å². The fraction of sp³-hybridized carbons (Fsp3) is 0.0667. The Bertz CT molecular complexity index is 1750. The number of hydrogen-bond donors (Lipinski definition) is 2. The highest BCUT2D eigenvalue weighted by molar-refractivity contribution is 7.92. The van der Waals surface area contributed by atoms with Gasteiger partial charge in [0.25, 0.3) is 15.9 Å². The lowest BCUT2D eigenvalue weighted by Gasteiger charge is -2.13. The van der Waals surface area contributed by atoms with Crippen LogP contribution in [0.1, 0.15) is 10.4 Å². The summed E-state index contributed by atoms with van der Waals surface area (Å²) < 4.78 is 38.8. The molecular formula is C30H25N3O5S. The molecule has 8 nitrogen and oxygen atoms in total. The Hall–Kier alpha value is -4.89. The van der Waals surface area contributed by atoms with Gasteiger partial charge in [0.2, 0.25) is 0 Å². The zero-order valence-corrected chi connectivity index (χ0v) is 22.0. The Morgan fingerprint density at radius 1 is 0.795 bits per heavy atom. The Kier molecular flexibility index (Phi) is 7.16. The predicted octanol–water partition coefficient (Wildman–Crippen LogP) is 5.97. The largest absolute Gasteiger partial charge is 0.497 e. The predicted molar refractivity (Wildman–Crippen MR) is 152 cm³/mol. The Morgan fingerprint density at radius 2 is 1.49 bits per heavy atom. The van der Waals surface area contributed by atoms with Gasteiger partial charge in [-0.25, -0.2) is 13.4 Å². The number of carbonyl (C=O) groups is 1. The van der Waals surface area contributed by atoms with Crippen LogP contribution in [0, 0.1) is 0 Å². The number of fused-ring (bicyclic) bond motifs is 1. The summed E-state index contributed by atoms with van der Waals surface area (Å²) in [6.45, 7) is 0. The average Bonchev–Trinajstić information content (AvgIpc) is 2.97. The van der Waals surface area contributed by atoms with Crippen molar-refractivity contribution in [3.8, 4) is 22.8 Å². The molecule has 1 heterocycles. The molecule has 0 bridgehead atoms. The molecule has 0 atom stereocenters. The van der Waals surface area contributed by atoms with Gasteiger partial charge in [-0.15, -0.1) is 0 Å². The van der Waals surface area contributed by atoms with Gasteiger partial charge in [0.05, 0.1) is 41.6 Å². The lowest BCUT2D eigenvalue weighted by Crippen LogP contribution is -2.15. The van der Waals surface area contributed by atoms with Crippen molar-refractivity contribution in [2.24, 2.45) is 0 Å². The van der Waals surface area contributed by atoms with Crippen LogP contribution in [0.25, 0.3) is 22.2 Å². The quantitative estimate of drug-likeness (QED) is 0.252. The lowest BCUT2D eigenvalue weighted by molar-refractivity contribution is 0.102. The zero-order valence-electron chi connectivity index (χ0n) is 21.2. The first-order valence-corrected chi connectivity index (χ1v) is 13.5. The summed E-state index contributed by atoms with van der Waals surface area (Å²) in [6, 6.07) is 29.3. The van der Waals surface area contributed by atoms with Gasteiger partial charge < -0.3 is 14.8 Å². The first-order chi connectivity index (χ1) is 18.9. The highest BCUT2D eigenvalue weighted by Gasteiger charge is 2.18. The SMILES string of the molecule is COc1ccc(-c2cc(C(=O)Nc3ccc(S(=O)(=O)Nc4ccccc4OC)cc3)c3ccccc3n2)cc1. The second-order valence-electron chi connectivity index (χ2n) is 8.58. The van der Waals surface area contributed by atoms with Gasteiger partial charge in [-0.1, -0.05) is 30.3 Å². The minimum absolute atomic E-state index is 0.0440. The highest BCUT2D eigenvalue weighted by atomic mass is 32.2. The second-order valence-corrected chi connectivity index (χ2v) is 10.3. The Balaban J connectivity index is 1.40. The van der Waals surface area contributed by atoms with Gasteiger partial charge >= 0.3 is 0 Å². The summed E-state index contributed by atoms with van der Waals surface area (Å²) in [5, 5.41) is 3.57. The number of sulfonamides is 1. The van der Waals surface area contributed by atoms with E-state index in [1.807, 2.05) is 48.5 Å². The molecule has 1 amide bonds. The number of amides is 1. The molecule has 0 aliphatic carbocycles. The van der Waals surface area contributed by atoms with Crippen LogP contribution in [0.15, 0.2) is 108 Å². The number of anilines is 2. The molecule has 196 valence electrons. The van der Waals surface area contributed by atoms with Crippen LogP contribution in [-0.2, 0) is 10.0 Å². The van der Waals surface area contributed by atoms with E-state index in [9.17, 15) is 13.2 Å². The number of nitrogens with one attached hydrogen (secondary N) is 2. The molecule has 0 saturated carbocycles. The minimum atomic E-state index is -3.87. The maximum absolute atomic E-state index is 13.4. The first-order valence-electron chi connectivity index (χ1n) is 12.0. The number of carbonyl (C=O) groups excluding carboxylic acids is 1. The zero-order chi connectivity index (χ0) is 27.4. The normalized spacial score (nSPS) is 11.1. The van der Waals surface area contributed by atoms with Gasteiger partial charge in [-0.05, 0) is 72.8 Å². The van der Waals surface area contributed by atoms with E-state index in [0.717, 1.165) is 11.3 Å². The van der Waals surface area contributed by atoms with Crippen LogP contribution < -0.4 is 19.5 Å². The van der Waals surface area contributed by atoms with Crippen molar-refractivity contribution >= 4 is 38.2 Å². The fourth-order valence-electron chi connectivity index (χ4n) is 4.12. The number of para-hydroxylation sites is 3. The summed E-state index contributed by atoms with van der Waals surface area (Å²) in [5.41, 5.74) is 3.39. The van der Waals surface area contributed by atoms with E-state index in [0.29, 0.717) is 39.3 Å². The summed E-state index contributed by atoms with van der Waals surface area (Å²) in [5.74, 6) is 0.788. The van der Waals surface area contributed by atoms with Crippen LogP contribution in [0.4, 0.5) is 11.4 Å². The number of ether oxygens (including phenoxy) is 2. The molecule has 1 aromatic heterocycles. The molecule has 2 N–H and O–H groups in total. The van der Waals surface area contributed by atoms with Gasteiger partial charge in [-0.3, -0.25) is 9.52 Å². The number of aromatic nitrogens is 1. The van der Waals surface area contributed by atoms with Crippen LogP contribution in [-0.4, -0.2) is 33.5 Å². The van der Waals surface area contributed by atoms with Crippen LogP contribution in [0.5, 0.6) is 11.5 Å². The third kappa shape index (κ3) is 5.53. The second kappa shape index (κ2) is 10.8. The van der Waals surface area contributed by atoms with Gasteiger partial charge in [-0.2, -0.15) is 0 Å². The van der Waals surface area contributed by atoms with Crippen molar-refractivity contribution in [2.45, 2.75) is 4.90 Å². The van der Waals surface area contributed by atoms with Crippen molar-refractivity contribution in [2.75, 3.05) is 24.3 Å². The fourth-order valence-corrected chi connectivity index (χ4v) is 5.19. The van der Waals surface area contributed by atoms with Gasteiger partial charge in [0, 0.05) is 16.6 Å². The molecule has 4 aromatic carbocycles. The average molecular weight is 540 g/mol. The number of rotatable bonds is 8. The molecule has 0 aliphatic heterocycles. The molecule has 9 heteroatoms. The van der Waals surface area contributed by atoms with Crippen molar-refractivity contribution < 1.29 is 22.7 Å². The number of hydrogen-bond acceptors (Lipinski definition) is 6. The summed E-state index contributed by atoms with van der Waals surface area (Å²) >= 11 is 0. The van der Waals surface area contributed by atoms with Gasteiger partial charge in [0.1, 0.15) is 11.5 Å². The number of benzene rings is 4. The molecule has 0 spiro atoms. The molecule has 0 aliphatic rings. The molecule has 0 radical (unpaired) electrons.